The molecule has 6 heteroatoms. The van der Waals surface area contributed by atoms with E-state index in [4.69, 9.17) is 5.11 Å². The van der Waals surface area contributed by atoms with Gasteiger partial charge in [0, 0.05) is 23.6 Å². The maximum atomic E-state index is 10.6. The van der Waals surface area contributed by atoms with E-state index in [1.165, 1.54) is 23.9 Å². The van der Waals surface area contributed by atoms with Gasteiger partial charge in [-0.3, -0.25) is 14.9 Å². The van der Waals surface area contributed by atoms with Gasteiger partial charge in [0.2, 0.25) is 0 Å². The van der Waals surface area contributed by atoms with E-state index in [1.807, 2.05) is 0 Å². The highest BCUT2D eigenvalue weighted by atomic mass is 32.2. The molecular formula is C11H13NO4S. The fourth-order valence-corrected chi connectivity index (χ4v) is 2.21. The van der Waals surface area contributed by atoms with Crippen molar-refractivity contribution in [1.82, 2.24) is 0 Å². The highest BCUT2D eigenvalue weighted by Gasteiger charge is 2.11. The monoisotopic (exact) mass is 255 g/mol. The molecule has 0 radical (unpaired) electrons. The molecule has 92 valence electrons. The Bertz CT molecular complexity index is 422. The number of carbonyl (C=O) groups is 1. The molecule has 0 bridgehead atoms. The van der Waals surface area contributed by atoms with Gasteiger partial charge in [-0.05, 0) is 5.56 Å². The van der Waals surface area contributed by atoms with Gasteiger partial charge in [0.25, 0.3) is 5.69 Å². The van der Waals surface area contributed by atoms with E-state index in [0.29, 0.717) is 11.5 Å². The number of nitro groups is 1. The summed E-state index contributed by atoms with van der Waals surface area (Å²) in [4.78, 5) is 20.7. The Morgan fingerprint density at radius 2 is 2.29 bits per heavy atom. The third-order valence-corrected chi connectivity index (χ3v) is 3.45. The van der Waals surface area contributed by atoms with Crippen molar-refractivity contribution in [3.8, 4) is 0 Å². The van der Waals surface area contributed by atoms with Crippen molar-refractivity contribution in [2.45, 2.75) is 12.7 Å². The van der Waals surface area contributed by atoms with Gasteiger partial charge in [-0.2, -0.15) is 11.8 Å². The summed E-state index contributed by atoms with van der Waals surface area (Å²) in [6.07, 6.45) is 0. The van der Waals surface area contributed by atoms with Crippen LogP contribution in [-0.4, -0.2) is 21.8 Å². The molecule has 1 unspecified atom stereocenters. The van der Waals surface area contributed by atoms with E-state index in [2.05, 4.69) is 0 Å². The first kappa shape index (κ1) is 13.5. The summed E-state index contributed by atoms with van der Waals surface area (Å²) in [6.45, 7) is 1.64. The van der Waals surface area contributed by atoms with Gasteiger partial charge in [-0.1, -0.05) is 19.1 Å². The van der Waals surface area contributed by atoms with E-state index in [0.717, 1.165) is 5.56 Å². The molecule has 0 aliphatic rings. The molecule has 0 aliphatic heterocycles. The van der Waals surface area contributed by atoms with Crippen molar-refractivity contribution in [1.29, 1.82) is 0 Å². The minimum atomic E-state index is -0.823. The van der Waals surface area contributed by atoms with E-state index >= 15 is 0 Å². The van der Waals surface area contributed by atoms with Crippen LogP contribution < -0.4 is 0 Å². The molecule has 0 fully saturated rings. The topological polar surface area (TPSA) is 80.4 Å². The molecule has 17 heavy (non-hydrogen) atoms. The number of nitrogens with zero attached hydrogens (tertiary/aromatic N) is 1. The van der Waals surface area contributed by atoms with E-state index in [-0.39, 0.29) is 5.69 Å². The number of nitro benzene ring substituents is 1. The lowest BCUT2D eigenvalue weighted by molar-refractivity contribution is -0.384. The summed E-state index contributed by atoms with van der Waals surface area (Å²) in [5.41, 5.74) is 0.899. The average molecular weight is 255 g/mol. The van der Waals surface area contributed by atoms with Crippen LogP contribution in [0.4, 0.5) is 5.69 Å². The second-order valence-electron chi connectivity index (χ2n) is 3.68. The van der Waals surface area contributed by atoms with Crippen LogP contribution in [0.2, 0.25) is 0 Å². The number of non-ortho nitro benzene ring substituents is 1. The van der Waals surface area contributed by atoms with Gasteiger partial charge in [-0.15, -0.1) is 0 Å². The zero-order valence-corrected chi connectivity index (χ0v) is 10.1. The Kier molecular flexibility index (Phi) is 4.96. The number of hydrogen-bond acceptors (Lipinski definition) is 4. The summed E-state index contributed by atoms with van der Waals surface area (Å²) in [5, 5.41) is 19.2. The van der Waals surface area contributed by atoms with Crippen LogP contribution >= 0.6 is 11.8 Å². The van der Waals surface area contributed by atoms with Crippen LogP contribution in [0.15, 0.2) is 24.3 Å². The Hall–Kier alpha value is -1.56. The number of rotatable bonds is 6. The third kappa shape index (κ3) is 4.44. The van der Waals surface area contributed by atoms with Crippen LogP contribution in [0.1, 0.15) is 12.5 Å². The highest BCUT2D eigenvalue weighted by molar-refractivity contribution is 7.98. The summed E-state index contributed by atoms with van der Waals surface area (Å²) >= 11 is 1.46. The minimum Gasteiger partial charge on any atom is -0.481 e. The second-order valence-corrected chi connectivity index (χ2v) is 4.71. The van der Waals surface area contributed by atoms with Crippen LogP contribution in [-0.2, 0) is 10.5 Å². The molecule has 1 atom stereocenters. The average Bonchev–Trinajstić information content (AvgIpc) is 2.29. The van der Waals surface area contributed by atoms with Crippen molar-refractivity contribution in [3.63, 3.8) is 0 Å². The van der Waals surface area contributed by atoms with Gasteiger partial charge in [-0.25, -0.2) is 0 Å². The predicted octanol–water partition coefficient (Wildman–Crippen LogP) is 2.55. The molecular weight excluding hydrogens is 242 g/mol. The first-order valence-electron chi connectivity index (χ1n) is 5.04. The second kappa shape index (κ2) is 6.24. The Morgan fingerprint density at radius 1 is 1.59 bits per heavy atom. The maximum Gasteiger partial charge on any atom is 0.307 e. The normalized spacial score (nSPS) is 12.1. The van der Waals surface area contributed by atoms with Crippen LogP contribution in [0.25, 0.3) is 0 Å². The Balaban J connectivity index is 2.49. The molecule has 5 nitrogen and oxygen atoms in total. The first-order chi connectivity index (χ1) is 8.00. The molecule has 1 rings (SSSR count). The quantitative estimate of drug-likeness (QED) is 0.624. The van der Waals surface area contributed by atoms with Crippen molar-refractivity contribution < 1.29 is 14.8 Å². The number of carboxylic acids is 1. The summed E-state index contributed by atoms with van der Waals surface area (Å²) in [5.74, 6) is -0.146. The van der Waals surface area contributed by atoms with Crippen LogP contribution in [0.3, 0.4) is 0 Å². The first-order valence-corrected chi connectivity index (χ1v) is 6.20. The van der Waals surface area contributed by atoms with Gasteiger partial charge in [0.05, 0.1) is 10.8 Å². The van der Waals surface area contributed by atoms with Gasteiger partial charge < -0.3 is 5.11 Å². The maximum absolute atomic E-state index is 10.6. The van der Waals surface area contributed by atoms with Crippen molar-refractivity contribution in [3.05, 3.63) is 39.9 Å². The molecule has 0 saturated heterocycles. The lowest BCUT2D eigenvalue weighted by Gasteiger charge is -2.05. The molecule has 1 aromatic carbocycles. The lowest BCUT2D eigenvalue weighted by atomic mass is 10.2. The van der Waals surface area contributed by atoms with Crippen molar-refractivity contribution >= 4 is 23.4 Å². The molecule has 0 saturated carbocycles. The van der Waals surface area contributed by atoms with Gasteiger partial charge in [0.15, 0.2) is 0 Å². The predicted molar refractivity (Wildman–Crippen MR) is 66.1 cm³/mol. The fraction of sp³-hybridized carbons (Fsp3) is 0.364. The zero-order valence-electron chi connectivity index (χ0n) is 9.33. The van der Waals surface area contributed by atoms with E-state index in [9.17, 15) is 14.9 Å². The van der Waals surface area contributed by atoms with E-state index < -0.39 is 16.8 Å². The minimum absolute atomic E-state index is 0.0642. The zero-order chi connectivity index (χ0) is 12.8. The Morgan fingerprint density at radius 3 is 2.88 bits per heavy atom. The van der Waals surface area contributed by atoms with Crippen molar-refractivity contribution in [2.24, 2.45) is 5.92 Å². The molecule has 1 N–H and O–H groups in total. The molecule has 0 aliphatic carbocycles. The van der Waals surface area contributed by atoms with Crippen LogP contribution in [0, 0.1) is 16.0 Å². The molecule has 0 heterocycles. The van der Waals surface area contributed by atoms with Gasteiger partial charge >= 0.3 is 5.97 Å². The SMILES string of the molecule is CC(CSCc1cccc([N+](=O)[O-])c1)C(=O)O. The molecule has 0 aromatic heterocycles. The number of benzene rings is 1. The highest BCUT2D eigenvalue weighted by Crippen LogP contribution is 2.19. The number of thioether (sulfide) groups is 1. The smallest absolute Gasteiger partial charge is 0.307 e. The Labute approximate surface area is 103 Å². The summed E-state index contributed by atoms with van der Waals surface area (Å²) in [7, 11) is 0. The van der Waals surface area contributed by atoms with Crippen LogP contribution in [0.5, 0.6) is 0 Å². The lowest BCUT2D eigenvalue weighted by Crippen LogP contribution is -2.11. The van der Waals surface area contributed by atoms with Crippen molar-refractivity contribution in [2.75, 3.05) is 5.75 Å². The molecule has 1 aromatic rings. The standard InChI is InChI=1S/C11H13NO4S/c1-8(11(13)14)6-17-7-9-3-2-4-10(5-9)12(15)16/h2-5,8H,6-7H2,1H3,(H,13,14). The number of hydrogen-bond donors (Lipinski definition) is 1. The third-order valence-electron chi connectivity index (χ3n) is 2.18. The number of carboxylic acid groups (broad SMARTS) is 1. The summed E-state index contributed by atoms with van der Waals surface area (Å²) in [6, 6.07) is 6.38. The molecule has 0 spiro atoms. The number of aliphatic carboxylic acids is 1. The van der Waals surface area contributed by atoms with E-state index in [1.54, 1.807) is 19.1 Å². The molecule has 0 amide bonds. The summed E-state index contributed by atoms with van der Waals surface area (Å²) < 4.78 is 0. The largest absolute Gasteiger partial charge is 0.481 e. The van der Waals surface area contributed by atoms with Gasteiger partial charge in [0.1, 0.15) is 0 Å². The fourth-order valence-electron chi connectivity index (χ4n) is 1.18.